The maximum absolute atomic E-state index is 11.2. The number of aliphatic hydroxyl groups excluding tert-OH is 1. The number of hydrogen-bond acceptors (Lipinski definition) is 4. The van der Waals surface area contributed by atoms with Crippen LogP contribution in [0.3, 0.4) is 0 Å². The van der Waals surface area contributed by atoms with Gasteiger partial charge >= 0.3 is 0 Å². The molecule has 0 aliphatic heterocycles. The van der Waals surface area contributed by atoms with Gasteiger partial charge in [-0.2, -0.15) is 0 Å². The lowest BCUT2D eigenvalue weighted by Crippen LogP contribution is -2.37. The second-order valence-electron chi connectivity index (χ2n) is 5.01. The number of anilines is 2. The Morgan fingerprint density at radius 2 is 2.17 bits per heavy atom. The van der Waals surface area contributed by atoms with Crippen molar-refractivity contribution in [2.24, 2.45) is 11.7 Å². The Hall–Kier alpha value is -1.75. The molecule has 1 aromatic carbocycles. The van der Waals surface area contributed by atoms with E-state index in [0.29, 0.717) is 17.2 Å². The van der Waals surface area contributed by atoms with Crippen LogP contribution in [0.15, 0.2) is 18.2 Å². The third kappa shape index (κ3) is 2.56. The van der Waals surface area contributed by atoms with E-state index in [9.17, 15) is 9.90 Å². The number of nitrogens with zero attached hydrogens (tertiary/aromatic N) is 1. The van der Waals surface area contributed by atoms with Crippen molar-refractivity contribution in [2.75, 3.05) is 24.2 Å². The van der Waals surface area contributed by atoms with E-state index in [1.165, 1.54) is 0 Å². The Kier molecular flexibility index (Phi) is 3.43. The summed E-state index contributed by atoms with van der Waals surface area (Å²) < 4.78 is 0. The normalized spacial score (nSPS) is 22.3. The van der Waals surface area contributed by atoms with Gasteiger partial charge < -0.3 is 21.5 Å². The van der Waals surface area contributed by atoms with Gasteiger partial charge in [0, 0.05) is 25.0 Å². The van der Waals surface area contributed by atoms with Crippen molar-refractivity contribution in [1.29, 1.82) is 0 Å². The van der Waals surface area contributed by atoms with Crippen molar-refractivity contribution in [3.8, 4) is 0 Å². The molecule has 0 atom stereocenters. The molecule has 1 aliphatic carbocycles. The molecule has 5 N–H and O–H groups in total. The first-order valence-electron chi connectivity index (χ1n) is 6.06. The zero-order valence-electron chi connectivity index (χ0n) is 10.5. The van der Waals surface area contributed by atoms with Crippen molar-refractivity contribution < 1.29 is 9.90 Å². The number of hydrogen-bond donors (Lipinski definition) is 3. The third-order valence-corrected chi connectivity index (χ3v) is 3.49. The minimum atomic E-state index is -0.512. The molecular weight excluding hydrogens is 230 g/mol. The van der Waals surface area contributed by atoms with Gasteiger partial charge in [-0.05, 0) is 37.0 Å². The molecule has 1 aliphatic rings. The van der Waals surface area contributed by atoms with Gasteiger partial charge in [-0.3, -0.25) is 4.79 Å². The van der Waals surface area contributed by atoms with Gasteiger partial charge in [0.25, 0.3) is 5.91 Å². The molecule has 0 aromatic heterocycles. The Bertz CT molecular complexity index is 456. The van der Waals surface area contributed by atoms with E-state index >= 15 is 0 Å². The van der Waals surface area contributed by atoms with Crippen LogP contribution in [0.5, 0.6) is 0 Å². The lowest BCUT2D eigenvalue weighted by atomic mass is 9.82. The maximum atomic E-state index is 11.2. The highest BCUT2D eigenvalue weighted by Crippen LogP contribution is 2.29. The molecule has 5 heteroatoms. The van der Waals surface area contributed by atoms with E-state index in [0.717, 1.165) is 25.1 Å². The summed E-state index contributed by atoms with van der Waals surface area (Å²) in [6, 6.07) is 5.28. The molecule has 0 unspecified atom stereocenters. The van der Waals surface area contributed by atoms with Crippen molar-refractivity contribution in [3.05, 3.63) is 23.8 Å². The molecule has 0 saturated heterocycles. The molecule has 98 valence electrons. The summed E-state index contributed by atoms with van der Waals surface area (Å²) in [6.45, 7) is 0.860. The van der Waals surface area contributed by atoms with E-state index in [2.05, 4.69) is 4.90 Å². The van der Waals surface area contributed by atoms with Gasteiger partial charge in [0.1, 0.15) is 0 Å². The Labute approximate surface area is 106 Å². The van der Waals surface area contributed by atoms with Gasteiger partial charge in [0.2, 0.25) is 0 Å². The van der Waals surface area contributed by atoms with Gasteiger partial charge in [-0.25, -0.2) is 0 Å². The SMILES string of the molecule is CN(CC1CC(O)C1)c1ccc(N)c(C(N)=O)c1. The summed E-state index contributed by atoms with van der Waals surface area (Å²) in [5, 5.41) is 9.26. The Balaban J connectivity index is 2.08. The predicted octanol–water partition coefficient (Wildman–Crippen LogP) is 0.575. The molecule has 18 heavy (non-hydrogen) atoms. The van der Waals surface area contributed by atoms with Gasteiger partial charge in [0.05, 0.1) is 11.7 Å². The first kappa shape index (κ1) is 12.7. The molecule has 2 rings (SSSR count). The van der Waals surface area contributed by atoms with Crippen molar-refractivity contribution >= 4 is 17.3 Å². The summed E-state index contributed by atoms with van der Waals surface area (Å²) in [5.41, 5.74) is 12.6. The standard InChI is InChI=1S/C13H19N3O2/c1-16(7-8-4-10(17)5-8)9-2-3-12(14)11(6-9)13(15)18/h2-3,6,8,10,17H,4-5,7,14H2,1H3,(H2,15,18). The molecule has 5 nitrogen and oxygen atoms in total. The summed E-state index contributed by atoms with van der Waals surface area (Å²) >= 11 is 0. The van der Waals surface area contributed by atoms with Gasteiger partial charge in [-0.1, -0.05) is 0 Å². The zero-order valence-corrected chi connectivity index (χ0v) is 10.5. The van der Waals surface area contributed by atoms with Crippen LogP contribution in [-0.2, 0) is 0 Å². The number of carbonyl (C=O) groups is 1. The number of nitrogen functional groups attached to an aromatic ring is 1. The summed E-state index contributed by atoms with van der Waals surface area (Å²) in [4.78, 5) is 13.3. The number of primary amides is 1. The van der Waals surface area contributed by atoms with E-state index in [-0.39, 0.29) is 6.10 Å². The average molecular weight is 249 g/mol. The second kappa shape index (κ2) is 4.86. The van der Waals surface area contributed by atoms with Crippen LogP contribution >= 0.6 is 0 Å². The van der Waals surface area contributed by atoms with Crippen LogP contribution in [0.1, 0.15) is 23.2 Å². The Morgan fingerprint density at radius 3 is 2.72 bits per heavy atom. The quantitative estimate of drug-likeness (QED) is 0.680. The molecular formula is C13H19N3O2. The van der Waals surface area contributed by atoms with Crippen LogP contribution in [0.4, 0.5) is 11.4 Å². The lowest BCUT2D eigenvalue weighted by Gasteiger charge is -2.35. The molecule has 0 radical (unpaired) electrons. The molecule has 1 fully saturated rings. The highest BCUT2D eigenvalue weighted by molar-refractivity contribution is 5.99. The highest BCUT2D eigenvalue weighted by atomic mass is 16.3. The average Bonchev–Trinajstić information content (AvgIpc) is 2.27. The fraction of sp³-hybridized carbons (Fsp3) is 0.462. The minimum Gasteiger partial charge on any atom is -0.398 e. The Morgan fingerprint density at radius 1 is 1.50 bits per heavy atom. The first-order valence-corrected chi connectivity index (χ1v) is 6.06. The van der Waals surface area contributed by atoms with Crippen molar-refractivity contribution in [3.63, 3.8) is 0 Å². The molecule has 0 spiro atoms. The largest absolute Gasteiger partial charge is 0.398 e. The maximum Gasteiger partial charge on any atom is 0.250 e. The predicted molar refractivity (Wildman–Crippen MR) is 71.4 cm³/mol. The fourth-order valence-corrected chi connectivity index (χ4v) is 2.34. The van der Waals surface area contributed by atoms with E-state index < -0.39 is 5.91 Å². The van der Waals surface area contributed by atoms with Crippen LogP contribution in [0.25, 0.3) is 0 Å². The van der Waals surface area contributed by atoms with E-state index in [1.807, 2.05) is 13.1 Å². The van der Waals surface area contributed by atoms with Crippen LogP contribution in [0.2, 0.25) is 0 Å². The number of nitrogens with two attached hydrogens (primary N) is 2. The highest BCUT2D eigenvalue weighted by Gasteiger charge is 2.28. The first-order chi connectivity index (χ1) is 8.47. The smallest absolute Gasteiger partial charge is 0.250 e. The number of benzene rings is 1. The number of carbonyl (C=O) groups excluding carboxylic acids is 1. The van der Waals surface area contributed by atoms with Gasteiger partial charge in [0.15, 0.2) is 0 Å². The van der Waals surface area contributed by atoms with Crippen LogP contribution in [0, 0.1) is 5.92 Å². The van der Waals surface area contributed by atoms with Crippen LogP contribution < -0.4 is 16.4 Å². The summed E-state index contributed by atoms with van der Waals surface area (Å²) in [5.74, 6) is 0.00129. The number of aliphatic hydroxyl groups is 1. The summed E-state index contributed by atoms with van der Waals surface area (Å²) in [6.07, 6.45) is 1.56. The van der Waals surface area contributed by atoms with E-state index in [4.69, 9.17) is 11.5 Å². The molecule has 1 amide bonds. The summed E-state index contributed by atoms with van der Waals surface area (Å²) in [7, 11) is 1.96. The number of rotatable bonds is 4. The molecule has 0 heterocycles. The minimum absolute atomic E-state index is 0.143. The second-order valence-corrected chi connectivity index (χ2v) is 5.01. The molecule has 1 aromatic rings. The van der Waals surface area contributed by atoms with Gasteiger partial charge in [-0.15, -0.1) is 0 Å². The van der Waals surface area contributed by atoms with Crippen molar-refractivity contribution in [1.82, 2.24) is 0 Å². The van der Waals surface area contributed by atoms with Crippen molar-refractivity contribution in [2.45, 2.75) is 18.9 Å². The third-order valence-electron chi connectivity index (χ3n) is 3.49. The molecule has 0 bridgehead atoms. The number of amides is 1. The lowest BCUT2D eigenvalue weighted by molar-refractivity contribution is 0.0465. The zero-order chi connectivity index (χ0) is 13.3. The topological polar surface area (TPSA) is 92.6 Å². The van der Waals surface area contributed by atoms with E-state index in [1.54, 1.807) is 12.1 Å². The monoisotopic (exact) mass is 249 g/mol. The van der Waals surface area contributed by atoms with Crippen LogP contribution in [-0.4, -0.2) is 30.7 Å². The fourth-order valence-electron chi connectivity index (χ4n) is 2.34. The molecule has 1 saturated carbocycles.